The lowest BCUT2D eigenvalue weighted by atomic mass is 10.3. The van der Waals surface area contributed by atoms with Crippen LogP contribution in [-0.4, -0.2) is 26.9 Å². The third kappa shape index (κ3) is 2.65. The molecule has 3 nitrogen and oxygen atoms in total. The van der Waals surface area contributed by atoms with Crippen molar-refractivity contribution in [1.82, 2.24) is 14.5 Å². The molecule has 2 heterocycles. The predicted octanol–water partition coefficient (Wildman–Crippen LogP) is 3.38. The molecule has 2 aromatic heterocycles. The minimum Gasteiger partial charge on any atom is -0.305 e. The van der Waals surface area contributed by atoms with Crippen molar-refractivity contribution >= 4 is 22.8 Å². The number of aryl methyl sites for hydroxylation is 1. The summed E-state index contributed by atoms with van der Waals surface area (Å²) in [6, 6.07) is 3.24. The third-order valence-corrected chi connectivity index (χ3v) is 2.86. The molecular weight excluding hydrogens is 286 g/mol. The minimum atomic E-state index is -4.15. The maximum Gasteiger partial charge on any atom is 0.324 e. The van der Waals surface area contributed by atoms with Crippen LogP contribution in [0.3, 0.4) is 0 Å². The molecule has 0 aliphatic heterocycles. The molecule has 0 aliphatic carbocycles. The summed E-state index contributed by atoms with van der Waals surface area (Å²) in [7, 11) is 0. The second kappa shape index (κ2) is 4.96. The van der Waals surface area contributed by atoms with E-state index >= 15 is 0 Å². The van der Waals surface area contributed by atoms with Crippen molar-refractivity contribution < 1.29 is 17.6 Å². The number of fused-ring (bicyclic) bond motifs is 1. The lowest BCUT2D eigenvalue weighted by Gasteiger charge is -2.17. The largest absolute Gasteiger partial charge is 0.324 e. The highest BCUT2D eigenvalue weighted by Gasteiger charge is 2.42. The van der Waals surface area contributed by atoms with Gasteiger partial charge in [-0.3, -0.25) is 0 Å². The summed E-state index contributed by atoms with van der Waals surface area (Å²) in [6.45, 7) is 0.474. The van der Waals surface area contributed by atoms with Crippen LogP contribution in [0.5, 0.6) is 0 Å². The Kier molecular flexibility index (Phi) is 3.66. The maximum atomic E-state index is 13.2. The smallest absolute Gasteiger partial charge is 0.305 e. The van der Waals surface area contributed by atoms with Crippen molar-refractivity contribution in [3.8, 4) is 0 Å². The van der Waals surface area contributed by atoms with E-state index in [-0.39, 0.29) is 17.4 Å². The number of aromatic nitrogens is 3. The summed E-state index contributed by atoms with van der Waals surface area (Å²) in [6.07, 6.45) is -3.75. The Balaban J connectivity index is 2.54. The van der Waals surface area contributed by atoms with Crippen LogP contribution in [-0.2, 0) is 12.4 Å². The second-order valence-corrected chi connectivity index (χ2v) is 4.37. The Morgan fingerprint density at radius 3 is 2.58 bits per heavy atom. The minimum absolute atomic E-state index is 0.0927. The first-order valence-corrected chi connectivity index (χ1v) is 5.93. The normalized spacial score (nSPS) is 12.6. The van der Waals surface area contributed by atoms with Gasteiger partial charge in [0.15, 0.2) is 5.65 Å². The van der Waals surface area contributed by atoms with E-state index in [9.17, 15) is 17.6 Å². The van der Waals surface area contributed by atoms with Gasteiger partial charge >= 0.3 is 12.3 Å². The topological polar surface area (TPSA) is 30.7 Å². The van der Waals surface area contributed by atoms with Crippen molar-refractivity contribution in [3.63, 3.8) is 0 Å². The van der Waals surface area contributed by atoms with Gasteiger partial charge in [-0.25, -0.2) is 18.7 Å². The van der Waals surface area contributed by atoms with Crippen LogP contribution in [0.2, 0.25) is 0 Å². The van der Waals surface area contributed by atoms with Gasteiger partial charge < -0.3 is 4.57 Å². The Hall–Kier alpha value is -1.37. The van der Waals surface area contributed by atoms with Crippen molar-refractivity contribution in [2.24, 2.45) is 0 Å². The molecule has 0 aromatic carbocycles. The first kappa shape index (κ1) is 14.0. The number of nitrogens with zero attached hydrogens (tertiary/aromatic N) is 3. The van der Waals surface area contributed by atoms with Gasteiger partial charge in [0.2, 0.25) is 0 Å². The molecule has 104 valence electrons. The van der Waals surface area contributed by atoms with E-state index in [1.165, 1.54) is 0 Å². The third-order valence-electron chi connectivity index (χ3n) is 2.62. The Bertz CT molecular complexity index is 597. The quantitative estimate of drug-likeness (QED) is 0.639. The molecule has 0 saturated heterocycles. The average molecular weight is 296 g/mol. The highest BCUT2D eigenvalue weighted by molar-refractivity contribution is 6.16. The number of rotatable bonds is 4. The number of halogens is 5. The number of pyridine rings is 1. The molecule has 0 amide bonds. The van der Waals surface area contributed by atoms with Gasteiger partial charge in [-0.05, 0) is 19.1 Å². The molecule has 0 saturated carbocycles. The summed E-state index contributed by atoms with van der Waals surface area (Å²) in [5.74, 6) is -4.22. The van der Waals surface area contributed by atoms with Gasteiger partial charge in [0.1, 0.15) is 11.3 Å². The molecule has 0 fully saturated rings. The van der Waals surface area contributed by atoms with Crippen molar-refractivity contribution in [2.45, 2.75) is 31.7 Å². The van der Waals surface area contributed by atoms with Crippen LogP contribution < -0.4 is 0 Å². The Morgan fingerprint density at radius 2 is 2.00 bits per heavy atom. The molecular formula is C11H10ClF4N3. The SMILES string of the molecule is Cc1ccc2nc(CCl)n(CC(F)(F)C(F)F)c2n1. The van der Waals surface area contributed by atoms with Crippen molar-refractivity contribution in [1.29, 1.82) is 0 Å². The average Bonchev–Trinajstić information content (AvgIpc) is 2.66. The molecule has 19 heavy (non-hydrogen) atoms. The van der Waals surface area contributed by atoms with Crippen molar-refractivity contribution in [3.05, 3.63) is 23.7 Å². The molecule has 0 radical (unpaired) electrons. The van der Waals surface area contributed by atoms with Gasteiger partial charge in [-0.1, -0.05) is 0 Å². The molecule has 0 aliphatic rings. The van der Waals surface area contributed by atoms with Gasteiger partial charge in [0, 0.05) is 5.69 Å². The fraction of sp³-hybridized carbons (Fsp3) is 0.455. The number of alkyl halides is 5. The van der Waals surface area contributed by atoms with Crippen LogP contribution >= 0.6 is 11.6 Å². The number of imidazole rings is 1. The lowest BCUT2D eigenvalue weighted by Crippen LogP contribution is -2.32. The summed E-state index contributed by atoms with van der Waals surface area (Å²) in [5, 5.41) is 0. The van der Waals surface area contributed by atoms with Gasteiger partial charge in [-0.15, -0.1) is 11.6 Å². The number of hydrogen-bond donors (Lipinski definition) is 0. The first-order chi connectivity index (χ1) is 8.85. The zero-order valence-electron chi connectivity index (χ0n) is 9.88. The fourth-order valence-electron chi connectivity index (χ4n) is 1.69. The van der Waals surface area contributed by atoms with Crippen LogP contribution in [0.15, 0.2) is 12.1 Å². The predicted molar refractivity (Wildman–Crippen MR) is 62.8 cm³/mol. The molecule has 2 rings (SSSR count). The molecule has 0 unspecified atom stereocenters. The highest BCUT2D eigenvalue weighted by Crippen LogP contribution is 2.28. The number of hydrogen-bond acceptors (Lipinski definition) is 2. The zero-order chi connectivity index (χ0) is 14.2. The van der Waals surface area contributed by atoms with E-state index in [2.05, 4.69) is 9.97 Å². The molecule has 0 bridgehead atoms. The summed E-state index contributed by atoms with van der Waals surface area (Å²) in [5.41, 5.74) is 1.07. The van der Waals surface area contributed by atoms with E-state index < -0.39 is 18.9 Å². The van der Waals surface area contributed by atoms with E-state index in [0.717, 1.165) is 4.57 Å². The van der Waals surface area contributed by atoms with E-state index in [4.69, 9.17) is 11.6 Å². The molecule has 0 atom stereocenters. The van der Waals surface area contributed by atoms with Gasteiger partial charge in [0.25, 0.3) is 0 Å². The summed E-state index contributed by atoms with van der Waals surface area (Å²) >= 11 is 5.61. The van der Waals surface area contributed by atoms with Crippen LogP contribution in [0, 0.1) is 6.92 Å². The standard InChI is InChI=1S/C11H10ClF4N3/c1-6-2-3-7-9(17-6)19(8(4-12)18-7)5-11(15,16)10(13)14/h2-3,10H,4-5H2,1H3. The van der Waals surface area contributed by atoms with Crippen LogP contribution in [0.1, 0.15) is 11.5 Å². The first-order valence-electron chi connectivity index (χ1n) is 5.40. The zero-order valence-corrected chi connectivity index (χ0v) is 10.6. The summed E-state index contributed by atoms with van der Waals surface area (Å²) in [4.78, 5) is 8.06. The van der Waals surface area contributed by atoms with Crippen LogP contribution in [0.4, 0.5) is 17.6 Å². The Morgan fingerprint density at radius 1 is 1.32 bits per heavy atom. The van der Waals surface area contributed by atoms with E-state index in [1.807, 2.05) is 0 Å². The summed E-state index contributed by atoms with van der Waals surface area (Å²) < 4.78 is 51.9. The molecule has 0 spiro atoms. The van der Waals surface area contributed by atoms with E-state index in [1.54, 1.807) is 19.1 Å². The Labute approximate surface area is 111 Å². The highest BCUT2D eigenvalue weighted by atomic mass is 35.5. The second-order valence-electron chi connectivity index (χ2n) is 4.10. The maximum absolute atomic E-state index is 13.2. The lowest BCUT2D eigenvalue weighted by molar-refractivity contribution is -0.137. The van der Waals surface area contributed by atoms with Gasteiger partial charge in [-0.2, -0.15) is 8.78 Å². The van der Waals surface area contributed by atoms with Crippen LogP contribution in [0.25, 0.3) is 11.2 Å². The molecule has 2 aromatic rings. The molecule has 8 heteroatoms. The molecule has 0 N–H and O–H groups in total. The fourth-order valence-corrected chi connectivity index (χ4v) is 1.90. The van der Waals surface area contributed by atoms with Gasteiger partial charge in [0.05, 0.1) is 12.4 Å². The van der Waals surface area contributed by atoms with E-state index in [0.29, 0.717) is 11.2 Å². The monoisotopic (exact) mass is 295 g/mol. The van der Waals surface area contributed by atoms with Crippen molar-refractivity contribution in [2.75, 3.05) is 0 Å².